The Morgan fingerprint density at radius 1 is 1.19 bits per heavy atom. The van der Waals surface area contributed by atoms with Crippen LogP contribution in [0.4, 0.5) is 4.79 Å². The second kappa shape index (κ2) is 6.05. The molecule has 2 aromatic rings. The third-order valence-electron chi connectivity index (χ3n) is 6.28. The van der Waals surface area contributed by atoms with Crippen LogP contribution in [0, 0.1) is 5.92 Å². The first kappa shape index (κ1) is 16.7. The number of para-hydroxylation sites is 2. The molecule has 1 aromatic carbocycles. The van der Waals surface area contributed by atoms with Gasteiger partial charge in [0.1, 0.15) is 11.1 Å². The third kappa shape index (κ3) is 2.81. The fourth-order valence-corrected chi connectivity index (χ4v) is 4.37. The van der Waals surface area contributed by atoms with E-state index < -0.39 is 5.54 Å². The Hall–Kier alpha value is -2.41. The summed E-state index contributed by atoms with van der Waals surface area (Å²) in [7, 11) is 0. The Morgan fingerprint density at radius 2 is 1.93 bits per heavy atom. The van der Waals surface area contributed by atoms with E-state index >= 15 is 0 Å². The summed E-state index contributed by atoms with van der Waals surface area (Å²) in [5, 5.41) is 2.92. The van der Waals surface area contributed by atoms with Gasteiger partial charge in [0.25, 0.3) is 5.91 Å². The van der Waals surface area contributed by atoms with Crippen molar-refractivity contribution >= 4 is 23.0 Å². The molecule has 1 unspecified atom stereocenters. The number of nitrogens with zero attached hydrogens (tertiary/aromatic N) is 3. The van der Waals surface area contributed by atoms with Crippen LogP contribution in [0.15, 0.2) is 28.7 Å². The highest BCUT2D eigenvalue weighted by Gasteiger charge is 2.56. The smallest absolute Gasteiger partial charge is 0.326 e. The lowest BCUT2D eigenvalue weighted by molar-refractivity contribution is -0.133. The Labute approximate surface area is 157 Å². The Morgan fingerprint density at radius 3 is 2.63 bits per heavy atom. The number of hydrogen-bond acceptors (Lipinski definition) is 5. The van der Waals surface area contributed by atoms with Crippen LogP contribution in [0.5, 0.6) is 0 Å². The second-order valence-corrected chi connectivity index (χ2v) is 8.19. The number of hydrogen-bond donors (Lipinski definition) is 1. The van der Waals surface area contributed by atoms with Gasteiger partial charge in [-0.2, -0.15) is 0 Å². The minimum Gasteiger partial charge on any atom is -0.440 e. The van der Waals surface area contributed by atoms with E-state index in [2.05, 4.69) is 15.2 Å². The van der Waals surface area contributed by atoms with Gasteiger partial charge in [-0.25, -0.2) is 14.7 Å². The molecular formula is C20H24N4O3. The lowest BCUT2D eigenvalue weighted by atomic mass is 9.96. The van der Waals surface area contributed by atoms with E-state index in [1.807, 2.05) is 31.2 Å². The van der Waals surface area contributed by atoms with E-state index in [-0.39, 0.29) is 17.9 Å². The van der Waals surface area contributed by atoms with Crippen LogP contribution in [0.25, 0.3) is 11.1 Å². The number of carbonyl (C=O) groups is 2. The van der Waals surface area contributed by atoms with Crippen molar-refractivity contribution < 1.29 is 14.0 Å². The van der Waals surface area contributed by atoms with Crippen molar-refractivity contribution in [2.45, 2.75) is 44.1 Å². The second-order valence-electron chi connectivity index (χ2n) is 8.19. The van der Waals surface area contributed by atoms with Gasteiger partial charge in [0.15, 0.2) is 11.5 Å². The summed E-state index contributed by atoms with van der Waals surface area (Å²) in [6.07, 6.45) is 3.87. The van der Waals surface area contributed by atoms with Crippen LogP contribution in [0.2, 0.25) is 0 Å². The van der Waals surface area contributed by atoms with Crippen LogP contribution in [-0.4, -0.2) is 52.0 Å². The van der Waals surface area contributed by atoms with Gasteiger partial charge >= 0.3 is 6.03 Å². The number of likely N-dealkylation sites (tertiary alicyclic amines) is 1. The lowest BCUT2D eigenvalue weighted by Gasteiger charge is -2.32. The molecule has 27 heavy (non-hydrogen) atoms. The molecule has 3 aliphatic rings. The fourth-order valence-electron chi connectivity index (χ4n) is 4.37. The molecule has 7 nitrogen and oxygen atoms in total. The Kier molecular flexibility index (Phi) is 3.75. The van der Waals surface area contributed by atoms with E-state index in [1.54, 1.807) is 0 Å². The highest BCUT2D eigenvalue weighted by atomic mass is 16.3. The zero-order valence-electron chi connectivity index (χ0n) is 15.5. The molecule has 3 fully saturated rings. The molecule has 2 saturated heterocycles. The molecule has 7 heteroatoms. The molecule has 5 rings (SSSR count). The van der Waals surface area contributed by atoms with Crippen molar-refractivity contribution in [3.05, 3.63) is 30.2 Å². The van der Waals surface area contributed by atoms with Gasteiger partial charge in [0.2, 0.25) is 0 Å². The van der Waals surface area contributed by atoms with Crippen molar-refractivity contribution in [2.75, 3.05) is 19.8 Å². The minimum absolute atomic E-state index is 0.0731. The Balaban J connectivity index is 1.22. The topological polar surface area (TPSA) is 78.7 Å². The van der Waals surface area contributed by atoms with Crippen molar-refractivity contribution in [1.82, 2.24) is 20.1 Å². The predicted octanol–water partition coefficient (Wildman–Crippen LogP) is 2.69. The minimum atomic E-state index is -0.701. The summed E-state index contributed by atoms with van der Waals surface area (Å²) < 4.78 is 5.91. The highest BCUT2D eigenvalue weighted by Crippen LogP contribution is 2.42. The first-order valence-corrected chi connectivity index (χ1v) is 9.76. The molecule has 142 valence electrons. The number of benzene rings is 1. The molecule has 1 N–H and O–H groups in total. The number of aromatic nitrogens is 1. The first-order valence-electron chi connectivity index (χ1n) is 9.76. The maximum atomic E-state index is 12.8. The summed E-state index contributed by atoms with van der Waals surface area (Å²) in [5.41, 5.74) is 1.02. The van der Waals surface area contributed by atoms with Crippen LogP contribution in [0.3, 0.4) is 0 Å². The maximum Gasteiger partial charge on any atom is 0.326 e. The molecule has 1 aromatic heterocycles. The van der Waals surface area contributed by atoms with Crippen LogP contribution in [-0.2, 0) is 4.79 Å². The molecule has 1 atom stereocenters. The van der Waals surface area contributed by atoms with Crippen molar-refractivity contribution in [1.29, 1.82) is 0 Å². The molecule has 2 aliphatic heterocycles. The van der Waals surface area contributed by atoms with Gasteiger partial charge in [-0.05, 0) is 50.7 Å². The number of fused-ring (bicyclic) bond motifs is 1. The molecular weight excluding hydrogens is 344 g/mol. The Bertz CT molecular complexity index is 865. The summed E-state index contributed by atoms with van der Waals surface area (Å²) in [6.45, 7) is 3.87. The third-order valence-corrected chi connectivity index (χ3v) is 6.28. The monoisotopic (exact) mass is 368 g/mol. The fraction of sp³-hybridized carbons (Fsp3) is 0.550. The van der Waals surface area contributed by atoms with E-state index in [1.165, 1.54) is 4.90 Å². The lowest BCUT2D eigenvalue weighted by Crippen LogP contribution is -2.48. The van der Waals surface area contributed by atoms with Crippen molar-refractivity contribution in [2.24, 2.45) is 5.92 Å². The van der Waals surface area contributed by atoms with Gasteiger partial charge in [-0.3, -0.25) is 9.69 Å². The first-order chi connectivity index (χ1) is 13.0. The maximum absolute atomic E-state index is 12.8. The molecule has 0 bridgehead atoms. The van der Waals surface area contributed by atoms with Gasteiger partial charge in [-0.1, -0.05) is 12.1 Å². The number of oxazole rings is 1. The standard InChI is InChI=1S/C20H24N4O3/c1-20(14-6-7-14)18(25)24(19(26)22-20)12-23-10-8-13(9-11-23)17-21-15-4-2-3-5-16(15)27-17/h2-5,13-14H,6-12H2,1H3,(H,22,26). The van der Waals surface area contributed by atoms with Crippen LogP contribution < -0.4 is 5.32 Å². The van der Waals surface area contributed by atoms with E-state index in [0.29, 0.717) is 12.6 Å². The van der Waals surface area contributed by atoms with Gasteiger partial charge in [-0.15, -0.1) is 0 Å². The number of amides is 3. The highest BCUT2D eigenvalue weighted by molar-refractivity contribution is 6.07. The SMILES string of the molecule is CC1(C2CC2)NC(=O)N(CN2CCC(c3nc4ccccc4o3)CC2)C1=O. The van der Waals surface area contributed by atoms with E-state index in [4.69, 9.17) is 4.42 Å². The number of piperidine rings is 1. The van der Waals surface area contributed by atoms with Gasteiger partial charge < -0.3 is 9.73 Å². The zero-order valence-corrected chi connectivity index (χ0v) is 15.5. The number of carbonyl (C=O) groups excluding carboxylic acids is 2. The average Bonchev–Trinajstić information content (AvgIpc) is 3.41. The summed E-state index contributed by atoms with van der Waals surface area (Å²) in [6, 6.07) is 7.56. The van der Waals surface area contributed by atoms with E-state index in [0.717, 1.165) is 55.8 Å². The van der Waals surface area contributed by atoms with Gasteiger partial charge in [0, 0.05) is 19.0 Å². The number of rotatable bonds is 4. The quantitative estimate of drug-likeness (QED) is 0.840. The number of urea groups is 1. The summed E-state index contributed by atoms with van der Waals surface area (Å²) in [4.78, 5) is 33.3. The molecule has 1 saturated carbocycles. The van der Waals surface area contributed by atoms with E-state index in [9.17, 15) is 9.59 Å². The molecule has 3 heterocycles. The summed E-state index contributed by atoms with van der Waals surface area (Å²) in [5.74, 6) is 1.31. The van der Waals surface area contributed by atoms with Crippen molar-refractivity contribution in [3.8, 4) is 0 Å². The van der Waals surface area contributed by atoms with Crippen LogP contribution >= 0.6 is 0 Å². The molecule has 3 amide bonds. The van der Waals surface area contributed by atoms with Crippen molar-refractivity contribution in [3.63, 3.8) is 0 Å². The zero-order chi connectivity index (χ0) is 18.6. The number of imide groups is 1. The average molecular weight is 368 g/mol. The molecule has 0 radical (unpaired) electrons. The normalized spacial score (nSPS) is 27.5. The molecule has 0 spiro atoms. The molecule has 1 aliphatic carbocycles. The largest absolute Gasteiger partial charge is 0.440 e. The van der Waals surface area contributed by atoms with Gasteiger partial charge in [0.05, 0.1) is 6.67 Å². The predicted molar refractivity (Wildman–Crippen MR) is 98.9 cm³/mol. The van der Waals surface area contributed by atoms with Crippen LogP contribution in [0.1, 0.15) is 44.4 Å². The number of nitrogens with one attached hydrogen (secondary N) is 1. The summed E-state index contributed by atoms with van der Waals surface area (Å²) >= 11 is 0.